The van der Waals surface area contributed by atoms with Gasteiger partial charge in [-0.1, -0.05) is 12.1 Å². The summed E-state index contributed by atoms with van der Waals surface area (Å²) in [5.74, 6) is -1.65. The van der Waals surface area contributed by atoms with Crippen LogP contribution in [-0.4, -0.2) is 24.1 Å². The highest BCUT2D eigenvalue weighted by atomic mass is 19.1. The number of nitrogens with one attached hydrogen (secondary N) is 1. The zero-order valence-electron chi connectivity index (χ0n) is 12.4. The average Bonchev–Trinajstić information content (AvgIpc) is 2.51. The Morgan fingerprint density at radius 3 is 2.48 bits per heavy atom. The van der Waals surface area contributed by atoms with Crippen LogP contribution in [0.25, 0.3) is 0 Å². The van der Waals surface area contributed by atoms with Gasteiger partial charge in [0, 0.05) is 18.3 Å². The monoisotopic (exact) mass is 318 g/mol. The van der Waals surface area contributed by atoms with Crippen molar-refractivity contribution >= 4 is 5.91 Å². The highest BCUT2D eigenvalue weighted by Gasteiger charge is 2.45. The van der Waals surface area contributed by atoms with Crippen LogP contribution in [0.5, 0.6) is 0 Å². The summed E-state index contributed by atoms with van der Waals surface area (Å²) >= 11 is 0. The smallest absolute Gasteiger partial charge is 0.221 e. The minimum atomic E-state index is -1.13. The third-order valence-corrected chi connectivity index (χ3v) is 3.85. The number of benzene rings is 1. The van der Waals surface area contributed by atoms with Crippen LogP contribution < -0.4 is 5.32 Å². The summed E-state index contributed by atoms with van der Waals surface area (Å²) in [4.78, 5) is 16.3. The number of aryl methyl sites for hydroxylation is 1. The maximum atomic E-state index is 14.0. The molecule has 2 heterocycles. The molecule has 4 nitrogen and oxygen atoms in total. The first-order chi connectivity index (χ1) is 11.1. The molecular weight excluding hydrogens is 302 g/mol. The van der Waals surface area contributed by atoms with E-state index < -0.39 is 17.2 Å². The molecule has 1 aromatic heterocycles. The molecule has 0 bridgehead atoms. The van der Waals surface area contributed by atoms with Gasteiger partial charge >= 0.3 is 0 Å². The maximum absolute atomic E-state index is 14.0. The van der Waals surface area contributed by atoms with Crippen molar-refractivity contribution in [2.24, 2.45) is 0 Å². The van der Waals surface area contributed by atoms with Crippen LogP contribution >= 0.6 is 0 Å². The van der Waals surface area contributed by atoms with Gasteiger partial charge in [0.1, 0.15) is 17.2 Å². The predicted molar refractivity (Wildman–Crippen MR) is 79.6 cm³/mol. The molecule has 0 saturated carbocycles. The molecule has 0 spiro atoms. The van der Waals surface area contributed by atoms with Crippen LogP contribution in [0.1, 0.15) is 17.7 Å². The molecule has 2 aromatic rings. The van der Waals surface area contributed by atoms with Gasteiger partial charge in [0.15, 0.2) is 0 Å². The van der Waals surface area contributed by atoms with E-state index in [1.165, 1.54) is 18.2 Å². The summed E-state index contributed by atoms with van der Waals surface area (Å²) in [6.07, 6.45) is 2.31. The topological polar surface area (TPSA) is 51.2 Å². The van der Waals surface area contributed by atoms with Crippen molar-refractivity contribution in [3.8, 4) is 0 Å². The Bertz CT molecular complexity index is 683. The van der Waals surface area contributed by atoms with Crippen LogP contribution in [0.3, 0.4) is 0 Å². The fourth-order valence-corrected chi connectivity index (χ4v) is 2.66. The molecule has 0 atom stereocenters. The molecule has 0 aliphatic carbocycles. The number of carbonyl (C=O) groups is 1. The number of pyridine rings is 1. The van der Waals surface area contributed by atoms with Crippen molar-refractivity contribution in [2.75, 3.05) is 13.2 Å². The largest absolute Gasteiger partial charge is 0.376 e. The van der Waals surface area contributed by atoms with Crippen molar-refractivity contribution < 1.29 is 18.3 Å². The van der Waals surface area contributed by atoms with Gasteiger partial charge < -0.3 is 10.1 Å². The summed E-state index contributed by atoms with van der Waals surface area (Å²) < 4.78 is 33.1. The molecule has 1 N–H and O–H groups in total. The van der Waals surface area contributed by atoms with E-state index in [1.807, 2.05) is 12.1 Å². The van der Waals surface area contributed by atoms with Crippen LogP contribution in [0.2, 0.25) is 0 Å². The first-order valence-corrected chi connectivity index (χ1v) is 7.34. The van der Waals surface area contributed by atoms with Gasteiger partial charge in [0.25, 0.3) is 0 Å². The molecule has 23 heavy (non-hydrogen) atoms. The van der Waals surface area contributed by atoms with Crippen LogP contribution in [0, 0.1) is 11.6 Å². The van der Waals surface area contributed by atoms with Crippen molar-refractivity contribution in [2.45, 2.75) is 18.4 Å². The molecule has 1 aliphatic rings. The number of hydrogen-bond acceptors (Lipinski definition) is 3. The first-order valence-electron chi connectivity index (χ1n) is 7.34. The normalized spacial score (nSPS) is 15.7. The SMILES string of the molecule is O=C(CCc1ccccn1)NC1(c2c(F)cccc2F)COC1. The summed E-state index contributed by atoms with van der Waals surface area (Å²) in [7, 11) is 0. The second-order valence-corrected chi connectivity index (χ2v) is 5.54. The highest BCUT2D eigenvalue weighted by Crippen LogP contribution is 2.33. The van der Waals surface area contributed by atoms with E-state index >= 15 is 0 Å². The van der Waals surface area contributed by atoms with Crippen LogP contribution in [0.4, 0.5) is 8.78 Å². The van der Waals surface area contributed by atoms with Crippen molar-refractivity contribution in [1.82, 2.24) is 10.3 Å². The number of ether oxygens (including phenoxy) is 1. The second kappa shape index (κ2) is 6.42. The van der Waals surface area contributed by atoms with Crippen LogP contribution in [-0.2, 0) is 21.5 Å². The lowest BCUT2D eigenvalue weighted by molar-refractivity contribution is -0.134. The van der Waals surface area contributed by atoms with Gasteiger partial charge in [-0.2, -0.15) is 0 Å². The van der Waals surface area contributed by atoms with Gasteiger partial charge in [-0.3, -0.25) is 9.78 Å². The van der Waals surface area contributed by atoms with Gasteiger partial charge in [-0.25, -0.2) is 8.78 Å². The molecule has 1 amide bonds. The van der Waals surface area contributed by atoms with Crippen molar-refractivity contribution in [1.29, 1.82) is 0 Å². The minimum Gasteiger partial charge on any atom is -0.376 e. The summed E-state index contributed by atoms with van der Waals surface area (Å²) in [5.41, 5.74) is -0.479. The van der Waals surface area contributed by atoms with E-state index in [1.54, 1.807) is 12.3 Å². The molecule has 1 aromatic carbocycles. The molecule has 0 radical (unpaired) electrons. The minimum absolute atomic E-state index is 0.0557. The lowest BCUT2D eigenvalue weighted by Gasteiger charge is -2.42. The predicted octanol–water partition coefficient (Wildman–Crippen LogP) is 2.33. The number of nitrogens with zero attached hydrogens (tertiary/aromatic N) is 1. The number of amides is 1. The van der Waals surface area contributed by atoms with Crippen molar-refractivity contribution in [3.05, 3.63) is 65.5 Å². The number of aromatic nitrogens is 1. The van der Waals surface area contributed by atoms with E-state index in [0.29, 0.717) is 6.42 Å². The van der Waals surface area contributed by atoms with Gasteiger partial charge in [-0.15, -0.1) is 0 Å². The second-order valence-electron chi connectivity index (χ2n) is 5.54. The molecular formula is C17H16F2N2O2. The Balaban J connectivity index is 1.71. The highest BCUT2D eigenvalue weighted by molar-refractivity contribution is 5.77. The molecule has 1 aliphatic heterocycles. The number of hydrogen-bond donors (Lipinski definition) is 1. The van der Waals surface area contributed by atoms with Gasteiger partial charge in [0.05, 0.1) is 18.8 Å². The van der Waals surface area contributed by atoms with E-state index in [2.05, 4.69) is 10.3 Å². The zero-order chi connectivity index (χ0) is 16.3. The first kappa shape index (κ1) is 15.6. The van der Waals surface area contributed by atoms with E-state index in [9.17, 15) is 13.6 Å². The molecule has 3 rings (SSSR count). The lowest BCUT2D eigenvalue weighted by Crippen LogP contribution is -2.60. The van der Waals surface area contributed by atoms with E-state index in [-0.39, 0.29) is 31.1 Å². The Kier molecular flexibility index (Phi) is 4.34. The Hall–Kier alpha value is -2.34. The van der Waals surface area contributed by atoms with E-state index in [4.69, 9.17) is 4.74 Å². The molecule has 1 saturated heterocycles. The Morgan fingerprint density at radius 1 is 1.17 bits per heavy atom. The average molecular weight is 318 g/mol. The van der Waals surface area contributed by atoms with Crippen molar-refractivity contribution in [3.63, 3.8) is 0 Å². The maximum Gasteiger partial charge on any atom is 0.221 e. The Labute approximate surface area is 132 Å². The molecule has 120 valence electrons. The third kappa shape index (κ3) is 3.22. The third-order valence-electron chi connectivity index (χ3n) is 3.85. The zero-order valence-corrected chi connectivity index (χ0v) is 12.4. The fraction of sp³-hybridized carbons (Fsp3) is 0.294. The Morgan fingerprint density at radius 2 is 1.91 bits per heavy atom. The molecule has 6 heteroatoms. The van der Waals surface area contributed by atoms with Crippen LogP contribution in [0.15, 0.2) is 42.6 Å². The number of rotatable bonds is 5. The lowest BCUT2D eigenvalue weighted by atomic mass is 9.86. The number of carbonyl (C=O) groups excluding carboxylic acids is 1. The summed E-state index contributed by atoms with van der Waals surface area (Å²) in [5, 5.41) is 2.73. The summed E-state index contributed by atoms with van der Waals surface area (Å²) in [6, 6.07) is 9.12. The fourth-order valence-electron chi connectivity index (χ4n) is 2.66. The van der Waals surface area contributed by atoms with Gasteiger partial charge in [0.2, 0.25) is 5.91 Å². The standard InChI is InChI=1S/C17H16F2N2O2/c18-13-5-3-6-14(19)16(13)17(10-23-11-17)21-15(22)8-7-12-4-1-2-9-20-12/h1-6,9H,7-8,10-11H2,(H,21,22). The summed E-state index contributed by atoms with van der Waals surface area (Å²) in [6.45, 7) is 0.111. The quantitative estimate of drug-likeness (QED) is 0.920. The van der Waals surface area contributed by atoms with Gasteiger partial charge in [-0.05, 0) is 30.7 Å². The number of halogens is 2. The van der Waals surface area contributed by atoms with E-state index in [0.717, 1.165) is 5.69 Å². The molecule has 1 fully saturated rings. The molecule has 0 unspecified atom stereocenters.